The van der Waals surface area contributed by atoms with Gasteiger partial charge in [0.15, 0.2) is 0 Å². The monoisotopic (exact) mass is 488 g/mol. The summed E-state index contributed by atoms with van der Waals surface area (Å²) in [5.74, 6) is 0.665. The van der Waals surface area contributed by atoms with Crippen molar-refractivity contribution in [2.45, 2.75) is 72.6 Å². The van der Waals surface area contributed by atoms with Crippen LogP contribution in [0.1, 0.15) is 79.7 Å². The first-order chi connectivity index (χ1) is 16.8. The molecule has 1 aromatic rings. The van der Waals surface area contributed by atoms with Crippen LogP contribution < -0.4 is 5.32 Å². The topological polar surface area (TPSA) is 94.7 Å². The number of ether oxygens (including phenoxy) is 1. The molecule has 2 N–H and O–H groups in total. The van der Waals surface area contributed by atoms with Crippen molar-refractivity contribution in [3.8, 4) is 0 Å². The summed E-state index contributed by atoms with van der Waals surface area (Å²) in [7, 11) is 0. The molecule has 2 aliphatic heterocycles. The third kappa shape index (κ3) is 7.56. The zero-order valence-corrected chi connectivity index (χ0v) is 22.1. The molecule has 2 amide bonds. The summed E-state index contributed by atoms with van der Waals surface area (Å²) in [6, 6.07) is 0. The Balaban J connectivity index is 1.36. The van der Waals surface area contributed by atoms with E-state index < -0.39 is 0 Å². The van der Waals surface area contributed by atoms with E-state index in [0.29, 0.717) is 38.2 Å². The maximum atomic E-state index is 12.8. The highest BCUT2D eigenvalue weighted by molar-refractivity contribution is 5.90. The minimum Gasteiger partial charge on any atom is -0.461 e. The number of amides is 2. The lowest BCUT2D eigenvalue weighted by Gasteiger charge is -2.32. The van der Waals surface area contributed by atoms with E-state index in [-0.39, 0.29) is 23.7 Å². The quantitative estimate of drug-likeness (QED) is 0.390. The molecule has 8 nitrogen and oxygen atoms in total. The van der Waals surface area contributed by atoms with Gasteiger partial charge in [0.1, 0.15) is 5.69 Å². The Morgan fingerprint density at radius 1 is 1.11 bits per heavy atom. The first-order valence-electron chi connectivity index (χ1n) is 13.4. The van der Waals surface area contributed by atoms with E-state index in [0.717, 1.165) is 55.1 Å². The van der Waals surface area contributed by atoms with Crippen LogP contribution in [0.2, 0.25) is 0 Å². The van der Waals surface area contributed by atoms with Gasteiger partial charge in [-0.2, -0.15) is 0 Å². The van der Waals surface area contributed by atoms with Gasteiger partial charge in [0.05, 0.1) is 6.61 Å². The van der Waals surface area contributed by atoms with Crippen molar-refractivity contribution in [1.82, 2.24) is 20.1 Å². The van der Waals surface area contributed by atoms with E-state index in [1.165, 1.54) is 25.9 Å². The van der Waals surface area contributed by atoms with Crippen LogP contribution in [0.3, 0.4) is 0 Å². The number of esters is 1. The molecule has 1 atom stereocenters. The second-order valence-corrected chi connectivity index (χ2v) is 10.3. The van der Waals surface area contributed by atoms with Crippen molar-refractivity contribution in [3.05, 3.63) is 22.5 Å². The number of aryl methyl sites for hydroxylation is 1. The Hall–Kier alpha value is -2.35. The average Bonchev–Trinajstić information content (AvgIpc) is 3.13. The van der Waals surface area contributed by atoms with Gasteiger partial charge in [-0.25, -0.2) is 4.79 Å². The molecule has 196 valence electrons. The average molecular weight is 489 g/mol. The minimum atomic E-state index is -0.355. The Morgan fingerprint density at radius 3 is 2.54 bits per heavy atom. The number of carbonyl (C=O) groups excluding carboxylic acids is 3. The molecule has 3 rings (SSSR count). The number of piperidine rings is 2. The molecule has 0 saturated carbocycles. The van der Waals surface area contributed by atoms with Crippen LogP contribution in [0.5, 0.6) is 0 Å². The van der Waals surface area contributed by atoms with E-state index in [2.05, 4.69) is 22.1 Å². The molecule has 2 fully saturated rings. The van der Waals surface area contributed by atoms with Crippen molar-refractivity contribution >= 4 is 17.8 Å². The molecule has 1 aromatic heterocycles. The van der Waals surface area contributed by atoms with Crippen LogP contribution in [0, 0.1) is 25.7 Å². The van der Waals surface area contributed by atoms with Gasteiger partial charge in [-0.05, 0) is 89.4 Å². The number of rotatable bonds is 10. The van der Waals surface area contributed by atoms with Crippen LogP contribution in [-0.2, 0) is 20.7 Å². The number of hydrogen-bond donors (Lipinski definition) is 2. The molecule has 35 heavy (non-hydrogen) atoms. The molecule has 8 heteroatoms. The molecule has 2 saturated heterocycles. The molecule has 1 unspecified atom stereocenters. The van der Waals surface area contributed by atoms with Crippen molar-refractivity contribution in [2.75, 3.05) is 45.9 Å². The van der Waals surface area contributed by atoms with E-state index >= 15 is 0 Å². The summed E-state index contributed by atoms with van der Waals surface area (Å²) in [5, 5.41) is 3.12. The van der Waals surface area contributed by atoms with Gasteiger partial charge in [0, 0.05) is 44.2 Å². The van der Waals surface area contributed by atoms with E-state index in [1.54, 1.807) is 6.92 Å². The highest BCUT2D eigenvalue weighted by Gasteiger charge is 2.27. The van der Waals surface area contributed by atoms with Gasteiger partial charge in [-0.15, -0.1) is 0 Å². The molecule has 0 aliphatic carbocycles. The standard InChI is InChI=1S/C27H44N4O4/c1-5-35-27(34)25-20(3)23(21(4)29-25)9-10-24(32)31-16-11-22(12-17-31)26(33)28-13-7-15-30-14-6-8-19(2)18-30/h19,22,29H,5-18H2,1-4H3,(H,28,33). The maximum Gasteiger partial charge on any atom is 0.355 e. The number of H-pyrrole nitrogens is 1. The number of carbonyl (C=O) groups is 3. The van der Waals surface area contributed by atoms with Gasteiger partial charge in [0.2, 0.25) is 11.8 Å². The van der Waals surface area contributed by atoms with Gasteiger partial charge in [0.25, 0.3) is 0 Å². The predicted molar refractivity (Wildman–Crippen MR) is 136 cm³/mol. The van der Waals surface area contributed by atoms with Gasteiger partial charge < -0.3 is 24.8 Å². The van der Waals surface area contributed by atoms with Crippen molar-refractivity contribution in [3.63, 3.8) is 0 Å². The Labute approximate surface area is 210 Å². The van der Waals surface area contributed by atoms with Crippen LogP contribution in [-0.4, -0.2) is 78.4 Å². The molecular weight excluding hydrogens is 444 g/mol. The third-order valence-electron chi connectivity index (χ3n) is 7.57. The molecule has 0 aromatic carbocycles. The Bertz CT molecular complexity index is 873. The number of hydrogen-bond acceptors (Lipinski definition) is 5. The number of aromatic amines is 1. The van der Waals surface area contributed by atoms with Crippen molar-refractivity contribution < 1.29 is 19.1 Å². The first-order valence-corrected chi connectivity index (χ1v) is 13.4. The van der Waals surface area contributed by atoms with E-state index in [9.17, 15) is 14.4 Å². The summed E-state index contributed by atoms with van der Waals surface area (Å²) in [6.07, 6.45) is 6.02. The van der Waals surface area contributed by atoms with Crippen LogP contribution in [0.15, 0.2) is 0 Å². The lowest BCUT2D eigenvalue weighted by atomic mass is 9.95. The fourth-order valence-electron chi connectivity index (χ4n) is 5.50. The van der Waals surface area contributed by atoms with Crippen molar-refractivity contribution in [1.29, 1.82) is 0 Å². The zero-order valence-electron chi connectivity index (χ0n) is 22.1. The molecule has 3 heterocycles. The van der Waals surface area contributed by atoms with Crippen LogP contribution in [0.25, 0.3) is 0 Å². The molecule has 2 aliphatic rings. The molecule has 0 radical (unpaired) electrons. The SMILES string of the molecule is CCOC(=O)c1[nH]c(C)c(CCC(=O)N2CCC(C(=O)NCCCN3CCCC(C)C3)CC2)c1C. The molecule has 0 bridgehead atoms. The fraction of sp³-hybridized carbons (Fsp3) is 0.741. The predicted octanol–water partition coefficient (Wildman–Crippen LogP) is 3.22. The summed E-state index contributed by atoms with van der Waals surface area (Å²) in [4.78, 5) is 45.0. The second kappa shape index (κ2) is 13.1. The fourth-order valence-corrected chi connectivity index (χ4v) is 5.50. The lowest BCUT2D eigenvalue weighted by molar-refractivity contribution is -0.135. The van der Waals surface area contributed by atoms with Crippen molar-refractivity contribution in [2.24, 2.45) is 11.8 Å². The highest BCUT2D eigenvalue weighted by Crippen LogP contribution is 2.22. The van der Waals surface area contributed by atoms with E-state index in [1.807, 2.05) is 18.7 Å². The second-order valence-electron chi connectivity index (χ2n) is 10.3. The third-order valence-corrected chi connectivity index (χ3v) is 7.57. The highest BCUT2D eigenvalue weighted by atomic mass is 16.5. The number of aromatic nitrogens is 1. The summed E-state index contributed by atoms with van der Waals surface area (Å²) in [6.45, 7) is 13.6. The summed E-state index contributed by atoms with van der Waals surface area (Å²) < 4.78 is 5.11. The summed E-state index contributed by atoms with van der Waals surface area (Å²) in [5.41, 5.74) is 3.25. The molecular formula is C27H44N4O4. The number of nitrogens with one attached hydrogen (secondary N) is 2. The minimum absolute atomic E-state index is 0.00430. The molecule has 0 spiro atoms. The van der Waals surface area contributed by atoms with Gasteiger partial charge >= 0.3 is 5.97 Å². The smallest absolute Gasteiger partial charge is 0.355 e. The van der Waals surface area contributed by atoms with Gasteiger partial charge in [-0.3, -0.25) is 9.59 Å². The zero-order chi connectivity index (χ0) is 25.4. The first kappa shape index (κ1) is 27.2. The number of likely N-dealkylation sites (tertiary alicyclic amines) is 2. The van der Waals surface area contributed by atoms with Gasteiger partial charge in [-0.1, -0.05) is 6.92 Å². The van der Waals surface area contributed by atoms with Crippen LogP contribution >= 0.6 is 0 Å². The Morgan fingerprint density at radius 2 is 1.86 bits per heavy atom. The Kier molecular flexibility index (Phi) is 10.2. The maximum absolute atomic E-state index is 12.8. The lowest BCUT2D eigenvalue weighted by Crippen LogP contribution is -2.43. The summed E-state index contributed by atoms with van der Waals surface area (Å²) >= 11 is 0. The van der Waals surface area contributed by atoms with Crippen LogP contribution in [0.4, 0.5) is 0 Å². The largest absolute Gasteiger partial charge is 0.461 e. The van der Waals surface area contributed by atoms with E-state index in [4.69, 9.17) is 4.74 Å². The number of nitrogens with zero attached hydrogens (tertiary/aromatic N) is 2. The normalized spacial score (nSPS) is 19.5.